The number of ether oxygens (including phenoxy) is 1. The molecule has 2 aliphatic heterocycles. The first-order chi connectivity index (χ1) is 13.1. The molecule has 3 heterocycles. The molecule has 7 nitrogen and oxygen atoms in total. The van der Waals surface area contributed by atoms with Gasteiger partial charge in [-0.05, 0) is 42.8 Å². The molecule has 2 aliphatic rings. The highest BCUT2D eigenvalue weighted by Gasteiger charge is 2.45. The summed E-state index contributed by atoms with van der Waals surface area (Å²) in [6.07, 6.45) is 3.27. The van der Waals surface area contributed by atoms with Crippen molar-refractivity contribution in [2.24, 2.45) is 5.92 Å². The lowest BCUT2D eigenvalue weighted by Crippen LogP contribution is -2.49. The molecule has 2 N–H and O–H groups in total. The van der Waals surface area contributed by atoms with E-state index in [-0.39, 0.29) is 35.9 Å². The highest BCUT2D eigenvalue weighted by Crippen LogP contribution is 2.33. The molecule has 0 aliphatic carbocycles. The second-order valence-electron chi connectivity index (χ2n) is 6.71. The predicted molar refractivity (Wildman–Crippen MR) is 96.6 cm³/mol. The van der Waals surface area contributed by atoms with Crippen molar-refractivity contribution in [3.63, 3.8) is 0 Å². The minimum absolute atomic E-state index is 0.128. The molecule has 0 spiro atoms. The summed E-state index contributed by atoms with van der Waals surface area (Å²) in [5.74, 6) is -0.810. The van der Waals surface area contributed by atoms with Crippen molar-refractivity contribution in [3.8, 4) is 0 Å². The normalized spacial score (nSPS) is 23.7. The van der Waals surface area contributed by atoms with Crippen molar-refractivity contribution in [2.45, 2.75) is 18.6 Å². The Morgan fingerprint density at radius 1 is 1.11 bits per heavy atom. The number of anilines is 2. The minimum Gasteiger partial charge on any atom is -0.370 e. The number of carbonyl (C=O) groups excluding carboxylic acids is 2. The van der Waals surface area contributed by atoms with Gasteiger partial charge in [0.15, 0.2) is 0 Å². The first-order valence-electron chi connectivity index (χ1n) is 8.76. The number of halogens is 1. The number of pyridine rings is 1. The van der Waals surface area contributed by atoms with Crippen molar-refractivity contribution >= 4 is 23.3 Å². The van der Waals surface area contributed by atoms with E-state index in [2.05, 4.69) is 15.6 Å². The third-order valence-electron chi connectivity index (χ3n) is 4.81. The van der Waals surface area contributed by atoms with Crippen LogP contribution in [-0.2, 0) is 9.53 Å². The maximum absolute atomic E-state index is 13.0. The fourth-order valence-corrected chi connectivity index (χ4v) is 3.51. The molecule has 2 saturated heterocycles. The van der Waals surface area contributed by atoms with Crippen LogP contribution in [0.5, 0.6) is 0 Å². The number of rotatable bonds is 3. The molecule has 0 saturated carbocycles. The van der Waals surface area contributed by atoms with Crippen molar-refractivity contribution < 1.29 is 18.7 Å². The number of benzene rings is 1. The summed E-state index contributed by atoms with van der Waals surface area (Å²) in [7, 11) is 0. The average Bonchev–Trinajstić information content (AvgIpc) is 2.98. The van der Waals surface area contributed by atoms with Crippen LogP contribution in [0.15, 0.2) is 48.8 Å². The van der Waals surface area contributed by atoms with E-state index in [0.29, 0.717) is 30.9 Å². The van der Waals surface area contributed by atoms with E-state index in [1.807, 2.05) is 0 Å². The van der Waals surface area contributed by atoms with E-state index in [9.17, 15) is 14.0 Å². The number of hydrogen-bond acceptors (Lipinski definition) is 4. The van der Waals surface area contributed by atoms with Crippen LogP contribution >= 0.6 is 0 Å². The summed E-state index contributed by atoms with van der Waals surface area (Å²) in [5.41, 5.74) is 1.15. The summed E-state index contributed by atoms with van der Waals surface area (Å²) in [6, 6.07) is 8.83. The molecule has 2 aromatic rings. The number of fused-ring (bicyclic) bond motifs is 2. The number of carbonyl (C=O) groups is 2. The molecule has 2 bridgehead atoms. The number of morpholine rings is 1. The lowest BCUT2D eigenvalue weighted by Gasteiger charge is -2.32. The number of nitrogens with zero attached hydrogens (tertiary/aromatic N) is 2. The van der Waals surface area contributed by atoms with E-state index in [0.717, 1.165) is 0 Å². The monoisotopic (exact) mass is 370 g/mol. The Morgan fingerprint density at radius 2 is 1.93 bits per heavy atom. The number of amides is 3. The van der Waals surface area contributed by atoms with Gasteiger partial charge in [0.25, 0.3) is 0 Å². The molecule has 8 heteroatoms. The van der Waals surface area contributed by atoms with Crippen LogP contribution in [-0.4, -0.2) is 47.1 Å². The molecule has 2 fully saturated rings. The molecule has 27 heavy (non-hydrogen) atoms. The Balaban J connectivity index is 1.37. The Morgan fingerprint density at radius 3 is 2.67 bits per heavy atom. The molecule has 0 radical (unpaired) electrons. The topological polar surface area (TPSA) is 83.6 Å². The molecular weight excluding hydrogens is 351 g/mol. The van der Waals surface area contributed by atoms with Crippen LogP contribution in [0.1, 0.15) is 6.42 Å². The van der Waals surface area contributed by atoms with E-state index in [1.54, 1.807) is 29.4 Å². The number of urea groups is 1. The van der Waals surface area contributed by atoms with Crippen molar-refractivity contribution in [1.82, 2.24) is 9.88 Å². The lowest BCUT2D eigenvalue weighted by atomic mass is 9.99. The van der Waals surface area contributed by atoms with Gasteiger partial charge in [-0.15, -0.1) is 0 Å². The molecule has 1 aromatic carbocycles. The number of likely N-dealkylation sites (tertiary alicyclic amines) is 1. The molecule has 3 atom stereocenters. The van der Waals surface area contributed by atoms with Crippen LogP contribution in [0.4, 0.5) is 20.6 Å². The Bertz CT molecular complexity index is 831. The summed E-state index contributed by atoms with van der Waals surface area (Å²) in [4.78, 5) is 30.7. The van der Waals surface area contributed by atoms with Gasteiger partial charge in [-0.1, -0.05) is 0 Å². The zero-order valence-electron chi connectivity index (χ0n) is 14.5. The van der Waals surface area contributed by atoms with Gasteiger partial charge in [0.1, 0.15) is 5.82 Å². The minimum atomic E-state index is -0.361. The van der Waals surface area contributed by atoms with Gasteiger partial charge in [-0.2, -0.15) is 0 Å². The van der Waals surface area contributed by atoms with E-state index < -0.39 is 0 Å². The summed E-state index contributed by atoms with van der Waals surface area (Å²) >= 11 is 0. The zero-order chi connectivity index (χ0) is 18.8. The molecule has 4 rings (SSSR count). The number of hydrogen-bond donors (Lipinski definition) is 2. The van der Waals surface area contributed by atoms with Crippen LogP contribution in [0, 0.1) is 11.7 Å². The Hall–Kier alpha value is -3.00. The average molecular weight is 370 g/mol. The van der Waals surface area contributed by atoms with Crippen molar-refractivity contribution in [3.05, 3.63) is 54.6 Å². The molecular formula is C19H19FN4O3. The van der Waals surface area contributed by atoms with Crippen LogP contribution in [0.25, 0.3) is 0 Å². The van der Waals surface area contributed by atoms with Crippen LogP contribution in [0.3, 0.4) is 0 Å². The van der Waals surface area contributed by atoms with Gasteiger partial charge in [0.05, 0.1) is 30.0 Å². The maximum Gasteiger partial charge on any atom is 0.322 e. The highest BCUT2D eigenvalue weighted by atomic mass is 19.1. The number of aromatic nitrogens is 1. The largest absolute Gasteiger partial charge is 0.370 e. The van der Waals surface area contributed by atoms with Crippen LogP contribution < -0.4 is 10.6 Å². The van der Waals surface area contributed by atoms with Crippen LogP contribution in [0.2, 0.25) is 0 Å². The van der Waals surface area contributed by atoms with Crippen molar-refractivity contribution in [1.29, 1.82) is 0 Å². The fraction of sp³-hybridized carbons (Fsp3) is 0.316. The SMILES string of the molecule is O=C(Nc1cccnc1)[C@@H]1C[C@H]2CN(C(=O)Nc3ccc(F)cc3)C[C@H]1O2. The number of nitrogens with one attached hydrogen (secondary N) is 2. The zero-order valence-corrected chi connectivity index (χ0v) is 14.5. The maximum atomic E-state index is 13.0. The molecule has 3 amide bonds. The lowest BCUT2D eigenvalue weighted by molar-refractivity contribution is -0.122. The summed E-state index contributed by atoms with van der Waals surface area (Å²) in [6.45, 7) is 0.745. The van der Waals surface area contributed by atoms with Gasteiger partial charge >= 0.3 is 6.03 Å². The van der Waals surface area contributed by atoms with E-state index >= 15 is 0 Å². The van der Waals surface area contributed by atoms with Gasteiger partial charge in [0, 0.05) is 25.0 Å². The van der Waals surface area contributed by atoms with E-state index in [4.69, 9.17) is 4.74 Å². The second-order valence-corrected chi connectivity index (χ2v) is 6.71. The first-order valence-corrected chi connectivity index (χ1v) is 8.76. The summed E-state index contributed by atoms with van der Waals surface area (Å²) in [5, 5.41) is 5.60. The first kappa shape index (κ1) is 17.4. The smallest absolute Gasteiger partial charge is 0.322 e. The highest BCUT2D eigenvalue weighted by molar-refractivity contribution is 5.93. The predicted octanol–water partition coefficient (Wildman–Crippen LogP) is 2.48. The quantitative estimate of drug-likeness (QED) is 0.870. The van der Waals surface area contributed by atoms with Crippen molar-refractivity contribution in [2.75, 3.05) is 23.7 Å². The van der Waals surface area contributed by atoms with E-state index in [1.165, 1.54) is 24.3 Å². The Labute approximate surface area is 155 Å². The standard InChI is InChI=1S/C19H19FN4O3/c20-12-3-5-13(6-4-12)23-19(26)24-10-15-8-16(17(11-24)27-15)18(25)22-14-2-1-7-21-9-14/h1-7,9,15-17H,8,10-11H2,(H,22,25)(H,23,26)/t15-,16+,17+/m0/s1. The van der Waals surface area contributed by atoms with Gasteiger partial charge in [0.2, 0.25) is 5.91 Å². The Kier molecular flexibility index (Phi) is 4.72. The van der Waals surface area contributed by atoms with Gasteiger partial charge in [-0.25, -0.2) is 9.18 Å². The fourth-order valence-electron chi connectivity index (χ4n) is 3.51. The summed E-state index contributed by atoms with van der Waals surface area (Å²) < 4.78 is 18.9. The van der Waals surface area contributed by atoms with Gasteiger partial charge in [-0.3, -0.25) is 9.78 Å². The molecule has 1 aromatic heterocycles. The molecule has 0 unspecified atom stereocenters. The second kappa shape index (κ2) is 7.32. The van der Waals surface area contributed by atoms with Gasteiger partial charge < -0.3 is 20.3 Å². The molecule has 140 valence electrons. The third-order valence-corrected chi connectivity index (χ3v) is 4.81. The third kappa shape index (κ3) is 3.90.